The molecule has 0 spiro atoms. The molecule has 0 aromatic carbocycles. The second-order valence-electron chi connectivity index (χ2n) is 5.33. The molecule has 0 fully saturated rings. The molecule has 0 bridgehead atoms. The zero-order valence-corrected chi connectivity index (χ0v) is 12.3. The van der Waals surface area contributed by atoms with Gasteiger partial charge in [-0.05, 0) is 52.2 Å². The van der Waals surface area contributed by atoms with Crippen LogP contribution in [0.5, 0.6) is 0 Å². The van der Waals surface area contributed by atoms with E-state index in [1.165, 1.54) is 0 Å². The third kappa shape index (κ3) is 2.64. The van der Waals surface area contributed by atoms with Crippen molar-refractivity contribution in [3.05, 3.63) is 40.6 Å². The Morgan fingerprint density at radius 2 is 1.89 bits per heavy atom. The molecule has 0 saturated carbocycles. The van der Waals surface area contributed by atoms with Gasteiger partial charge in [-0.15, -0.1) is 0 Å². The molecule has 2 atom stereocenters. The molecule has 94 valence electrons. The van der Waals surface area contributed by atoms with Crippen LogP contribution < -0.4 is 0 Å². The summed E-state index contributed by atoms with van der Waals surface area (Å²) in [7, 11) is 0. The normalized spacial score (nSPS) is 31.7. The molecule has 0 saturated heterocycles. The molecule has 18 heavy (non-hydrogen) atoms. The van der Waals surface area contributed by atoms with E-state index in [0.717, 1.165) is 22.9 Å². The Balaban J connectivity index is 2.45. The number of nitrogens with zero attached hydrogens (tertiary/aromatic N) is 2. The number of hydrogen-bond acceptors (Lipinski definition) is 2. The second kappa shape index (κ2) is 5.24. The number of hydrogen-bond donors (Lipinski definition) is 0. The van der Waals surface area contributed by atoms with Gasteiger partial charge in [-0.2, -0.15) is 5.26 Å². The highest BCUT2D eigenvalue weighted by Crippen LogP contribution is 2.40. The summed E-state index contributed by atoms with van der Waals surface area (Å²) in [5.74, 6) is 0.849. The minimum atomic E-state index is -0.418. The highest BCUT2D eigenvalue weighted by Gasteiger charge is 2.36. The predicted octanol–water partition coefficient (Wildman–Crippen LogP) is 4.23. The van der Waals surface area contributed by atoms with Crippen molar-refractivity contribution in [3.63, 3.8) is 0 Å². The van der Waals surface area contributed by atoms with Crippen molar-refractivity contribution in [2.75, 3.05) is 0 Å². The lowest BCUT2D eigenvalue weighted by molar-refractivity contribution is 0.395. The maximum absolute atomic E-state index is 9.73. The summed E-state index contributed by atoms with van der Waals surface area (Å²) in [5, 5.41) is 9.73. The summed E-state index contributed by atoms with van der Waals surface area (Å²) in [5.41, 5.74) is 0.612. The summed E-state index contributed by atoms with van der Waals surface area (Å²) in [6.07, 6.45) is 9.78. The number of aromatic nitrogens is 1. The fourth-order valence-electron chi connectivity index (χ4n) is 2.76. The fourth-order valence-corrected chi connectivity index (χ4v) is 3.13. The molecule has 2 unspecified atom stereocenters. The predicted molar refractivity (Wildman–Crippen MR) is 75.9 cm³/mol. The molecule has 1 heterocycles. The summed E-state index contributed by atoms with van der Waals surface area (Å²) in [4.78, 5) is 4.21. The van der Waals surface area contributed by atoms with E-state index < -0.39 is 5.41 Å². The van der Waals surface area contributed by atoms with E-state index in [-0.39, 0.29) is 0 Å². The van der Waals surface area contributed by atoms with Crippen molar-refractivity contribution in [1.82, 2.24) is 4.98 Å². The molecular weight excluding hydrogens is 288 g/mol. The van der Waals surface area contributed by atoms with Crippen molar-refractivity contribution >= 4 is 15.9 Å². The van der Waals surface area contributed by atoms with Crippen LogP contribution in [0.4, 0.5) is 0 Å². The molecule has 1 aromatic rings. The quantitative estimate of drug-likeness (QED) is 0.728. The monoisotopic (exact) mass is 304 g/mol. The SMILES string of the molecule is CC1C=CC(C)CC(C#N)(c2cncc(Br)c2)C1. The highest BCUT2D eigenvalue weighted by atomic mass is 79.9. The first-order valence-corrected chi connectivity index (χ1v) is 7.05. The van der Waals surface area contributed by atoms with Crippen LogP contribution in [0.2, 0.25) is 0 Å². The summed E-state index contributed by atoms with van der Waals surface area (Å²) < 4.78 is 0.937. The number of rotatable bonds is 1. The van der Waals surface area contributed by atoms with Crippen LogP contribution in [0, 0.1) is 23.2 Å². The van der Waals surface area contributed by atoms with Gasteiger partial charge >= 0.3 is 0 Å². The molecule has 0 aliphatic heterocycles. The van der Waals surface area contributed by atoms with Gasteiger partial charge in [-0.25, -0.2) is 0 Å². The van der Waals surface area contributed by atoms with Gasteiger partial charge in [-0.3, -0.25) is 4.98 Å². The maximum Gasteiger partial charge on any atom is 0.0848 e. The van der Waals surface area contributed by atoms with Gasteiger partial charge in [-0.1, -0.05) is 26.0 Å². The van der Waals surface area contributed by atoms with E-state index in [4.69, 9.17) is 0 Å². The van der Waals surface area contributed by atoms with Crippen molar-refractivity contribution in [2.24, 2.45) is 11.8 Å². The maximum atomic E-state index is 9.73. The van der Waals surface area contributed by atoms with Crippen molar-refractivity contribution in [1.29, 1.82) is 5.26 Å². The first-order valence-electron chi connectivity index (χ1n) is 6.26. The third-order valence-electron chi connectivity index (χ3n) is 3.58. The lowest BCUT2D eigenvalue weighted by atomic mass is 9.72. The topological polar surface area (TPSA) is 36.7 Å². The minimum absolute atomic E-state index is 0.418. The van der Waals surface area contributed by atoms with Gasteiger partial charge in [0.05, 0.1) is 11.5 Å². The zero-order valence-electron chi connectivity index (χ0n) is 10.7. The Hall–Kier alpha value is -1.14. The number of allylic oxidation sites excluding steroid dienone is 2. The molecule has 2 nitrogen and oxygen atoms in total. The summed E-state index contributed by atoms with van der Waals surface area (Å²) in [6, 6.07) is 4.59. The molecule has 1 aliphatic rings. The zero-order chi connectivity index (χ0) is 13.2. The van der Waals surface area contributed by atoms with Crippen LogP contribution in [-0.4, -0.2) is 4.98 Å². The first-order chi connectivity index (χ1) is 8.55. The lowest BCUT2D eigenvalue weighted by Gasteiger charge is -2.28. The fraction of sp³-hybridized carbons (Fsp3) is 0.467. The van der Waals surface area contributed by atoms with Crippen LogP contribution in [0.3, 0.4) is 0 Å². The molecule has 0 N–H and O–H groups in total. The van der Waals surface area contributed by atoms with E-state index in [9.17, 15) is 5.26 Å². The summed E-state index contributed by atoms with van der Waals surface area (Å²) >= 11 is 3.44. The summed E-state index contributed by atoms with van der Waals surface area (Å²) in [6.45, 7) is 4.35. The van der Waals surface area contributed by atoms with Crippen molar-refractivity contribution < 1.29 is 0 Å². The smallest absolute Gasteiger partial charge is 0.0848 e. The van der Waals surface area contributed by atoms with Gasteiger partial charge in [0.15, 0.2) is 0 Å². The third-order valence-corrected chi connectivity index (χ3v) is 4.01. The minimum Gasteiger partial charge on any atom is -0.263 e. The van der Waals surface area contributed by atoms with Crippen LogP contribution in [0.25, 0.3) is 0 Å². The van der Waals surface area contributed by atoms with E-state index in [2.05, 4.69) is 53.0 Å². The van der Waals surface area contributed by atoms with Crippen LogP contribution in [0.15, 0.2) is 35.1 Å². The molecule has 1 aromatic heterocycles. The van der Waals surface area contributed by atoms with E-state index >= 15 is 0 Å². The molecule has 2 rings (SSSR count). The van der Waals surface area contributed by atoms with Gasteiger partial charge in [0, 0.05) is 16.9 Å². The molecule has 1 aliphatic carbocycles. The van der Waals surface area contributed by atoms with E-state index in [1.807, 2.05) is 12.3 Å². The average Bonchev–Trinajstić information content (AvgIpc) is 2.49. The van der Waals surface area contributed by atoms with Crippen molar-refractivity contribution in [3.8, 4) is 6.07 Å². The largest absolute Gasteiger partial charge is 0.263 e. The molecule has 3 heteroatoms. The van der Waals surface area contributed by atoms with Gasteiger partial charge in [0.1, 0.15) is 0 Å². The van der Waals surface area contributed by atoms with E-state index in [0.29, 0.717) is 11.8 Å². The van der Waals surface area contributed by atoms with Crippen LogP contribution >= 0.6 is 15.9 Å². The van der Waals surface area contributed by atoms with Crippen LogP contribution in [0.1, 0.15) is 32.3 Å². The van der Waals surface area contributed by atoms with Gasteiger partial charge < -0.3 is 0 Å². The Bertz CT molecular complexity index is 487. The van der Waals surface area contributed by atoms with Gasteiger partial charge in [0.25, 0.3) is 0 Å². The number of nitriles is 1. The lowest BCUT2D eigenvalue weighted by Crippen LogP contribution is -2.27. The van der Waals surface area contributed by atoms with Crippen molar-refractivity contribution in [2.45, 2.75) is 32.1 Å². The standard InChI is InChI=1S/C15H17BrN2/c1-11-3-4-12(2)7-15(6-11,10-17)13-5-14(16)9-18-8-13/h3-5,8-9,11-12H,6-7H2,1-2H3. The van der Waals surface area contributed by atoms with Crippen LogP contribution in [-0.2, 0) is 5.41 Å². The number of halogens is 1. The molecular formula is C15H17BrN2. The number of pyridine rings is 1. The average molecular weight is 305 g/mol. The molecule has 0 radical (unpaired) electrons. The Labute approximate surface area is 117 Å². The Kier molecular flexibility index (Phi) is 3.87. The van der Waals surface area contributed by atoms with Gasteiger partial charge in [0.2, 0.25) is 0 Å². The Morgan fingerprint density at radius 1 is 1.28 bits per heavy atom. The first kappa shape index (κ1) is 13.3. The highest BCUT2D eigenvalue weighted by molar-refractivity contribution is 9.10. The molecule has 0 amide bonds. The second-order valence-corrected chi connectivity index (χ2v) is 6.25. The van der Waals surface area contributed by atoms with E-state index in [1.54, 1.807) is 6.20 Å². The Morgan fingerprint density at radius 3 is 2.39 bits per heavy atom.